The highest BCUT2D eigenvalue weighted by Crippen LogP contribution is 2.21. The maximum Gasteiger partial charge on any atom is 0.272 e. The minimum absolute atomic E-state index is 0.0369. The molecule has 1 aromatic heterocycles. The molecule has 0 aliphatic rings. The molecule has 0 atom stereocenters. The number of hydrogen-bond donors (Lipinski definition) is 2. The molecule has 0 saturated carbocycles. The third-order valence-corrected chi connectivity index (χ3v) is 4.61. The van der Waals surface area contributed by atoms with Gasteiger partial charge in [-0.2, -0.15) is 0 Å². The second-order valence-corrected chi connectivity index (χ2v) is 6.26. The van der Waals surface area contributed by atoms with Crippen LogP contribution in [0.15, 0.2) is 18.2 Å². The second kappa shape index (κ2) is 6.01. The van der Waals surface area contributed by atoms with Gasteiger partial charge in [-0.1, -0.05) is 6.07 Å². The zero-order valence-electron chi connectivity index (χ0n) is 12.4. The first-order chi connectivity index (χ1) is 9.81. The molecule has 2 aromatic rings. The van der Waals surface area contributed by atoms with E-state index in [2.05, 4.69) is 32.9 Å². The minimum Gasteiger partial charge on any atom is -0.354 e. The van der Waals surface area contributed by atoms with Crippen molar-refractivity contribution in [1.29, 1.82) is 0 Å². The van der Waals surface area contributed by atoms with E-state index in [-0.39, 0.29) is 11.7 Å². The molecule has 0 bridgehead atoms. The van der Waals surface area contributed by atoms with Gasteiger partial charge < -0.3 is 10.3 Å². The highest BCUT2D eigenvalue weighted by atomic mass is 127. The molecule has 2 N–H and O–H groups in total. The molecule has 21 heavy (non-hydrogen) atoms. The Morgan fingerprint density at radius 3 is 2.38 bits per heavy atom. The van der Waals surface area contributed by atoms with Gasteiger partial charge in [-0.25, -0.2) is 0 Å². The molecule has 0 radical (unpaired) electrons. The van der Waals surface area contributed by atoms with E-state index in [9.17, 15) is 9.59 Å². The molecule has 0 fully saturated rings. The van der Waals surface area contributed by atoms with Gasteiger partial charge in [0.2, 0.25) is 0 Å². The molecular weight excluding hydrogens is 379 g/mol. The zero-order chi connectivity index (χ0) is 15.7. The monoisotopic (exact) mass is 396 g/mol. The van der Waals surface area contributed by atoms with Crippen molar-refractivity contribution in [3.63, 3.8) is 0 Å². The fourth-order valence-corrected chi connectivity index (χ4v) is 2.88. The molecule has 0 aliphatic carbocycles. The lowest BCUT2D eigenvalue weighted by molar-refractivity contribution is 0.101. The molecule has 5 heteroatoms. The summed E-state index contributed by atoms with van der Waals surface area (Å²) in [6.45, 7) is 7.11. The largest absolute Gasteiger partial charge is 0.354 e. The Kier molecular flexibility index (Phi) is 4.51. The van der Waals surface area contributed by atoms with Crippen LogP contribution in [-0.4, -0.2) is 16.7 Å². The van der Waals surface area contributed by atoms with Gasteiger partial charge in [-0.05, 0) is 73.5 Å². The van der Waals surface area contributed by atoms with Crippen molar-refractivity contribution in [2.24, 2.45) is 0 Å². The van der Waals surface area contributed by atoms with Crippen LogP contribution in [0.1, 0.15) is 44.6 Å². The number of aryl methyl sites for hydroxylation is 2. The SMILES string of the molecule is CC(=O)c1c(C)[nH]c(C(=O)Nc2ccc(C)c(I)c2)c1C. The zero-order valence-corrected chi connectivity index (χ0v) is 14.6. The molecule has 2 rings (SSSR count). The summed E-state index contributed by atoms with van der Waals surface area (Å²) in [4.78, 5) is 27.0. The molecule has 110 valence electrons. The predicted molar refractivity (Wildman–Crippen MR) is 92.1 cm³/mol. The Labute approximate surface area is 137 Å². The number of hydrogen-bond acceptors (Lipinski definition) is 2. The van der Waals surface area contributed by atoms with Crippen LogP contribution in [0.5, 0.6) is 0 Å². The van der Waals surface area contributed by atoms with E-state index >= 15 is 0 Å². The smallest absolute Gasteiger partial charge is 0.272 e. The Morgan fingerprint density at radius 2 is 1.86 bits per heavy atom. The second-order valence-electron chi connectivity index (χ2n) is 5.10. The molecule has 1 amide bonds. The maximum atomic E-state index is 12.4. The number of amides is 1. The fourth-order valence-electron chi connectivity index (χ4n) is 2.37. The normalized spacial score (nSPS) is 10.5. The number of aromatic nitrogens is 1. The summed E-state index contributed by atoms with van der Waals surface area (Å²) in [6.07, 6.45) is 0. The number of anilines is 1. The first-order valence-electron chi connectivity index (χ1n) is 6.59. The number of ketones is 1. The summed E-state index contributed by atoms with van der Waals surface area (Å²) in [5.74, 6) is -0.270. The summed E-state index contributed by atoms with van der Waals surface area (Å²) in [7, 11) is 0. The van der Waals surface area contributed by atoms with E-state index in [0.29, 0.717) is 16.8 Å². The molecule has 0 saturated heterocycles. The summed E-state index contributed by atoms with van der Waals surface area (Å²) in [5, 5.41) is 2.86. The fraction of sp³-hybridized carbons (Fsp3) is 0.250. The van der Waals surface area contributed by atoms with Crippen molar-refractivity contribution in [3.8, 4) is 0 Å². The van der Waals surface area contributed by atoms with Crippen molar-refractivity contribution in [1.82, 2.24) is 4.98 Å². The van der Waals surface area contributed by atoms with E-state index < -0.39 is 0 Å². The standard InChI is InChI=1S/C16H17IN2O2/c1-8-5-6-12(7-13(8)17)19-16(21)15-9(2)14(11(4)20)10(3)18-15/h5-7,18H,1-4H3,(H,19,21). The maximum absolute atomic E-state index is 12.4. The first-order valence-corrected chi connectivity index (χ1v) is 7.66. The topological polar surface area (TPSA) is 62.0 Å². The molecule has 0 spiro atoms. The quantitative estimate of drug-likeness (QED) is 0.609. The number of rotatable bonds is 3. The van der Waals surface area contributed by atoms with Gasteiger partial charge in [0, 0.05) is 20.5 Å². The third kappa shape index (κ3) is 3.18. The van der Waals surface area contributed by atoms with Crippen molar-refractivity contribution in [2.45, 2.75) is 27.7 Å². The van der Waals surface area contributed by atoms with Crippen molar-refractivity contribution in [3.05, 3.63) is 49.8 Å². The van der Waals surface area contributed by atoms with Gasteiger partial charge in [0.15, 0.2) is 5.78 Å². The molecule has 0 unspecified atom stereocenters. The number of H-pyrrole nitrogens is 1. The van der Waals surface area contributed by atoms with Gasteiger partial charge in [0.05, 0.1) is 0 Å². The van der Waals surface area contributed by atoms with Crippen molar-refractivity contribution < 1.29 is 9.59 Å². The van der Waals surface area contributed by atoms with Gasteiger partial charge in [-0.15, -0.1) is 0 Å². The van der Waals surface area contributed by atoms with Crippen LogP contribution < -0.4 is 5.32 Å². The first kappa shape index (κ1) is 15.8. The van der Waals surface area contributed by atoms with Crippen LogP contribution in [0.2, 0.25) is 0 Å². The van der Waals surface area contributed by atoms with Gasteiger partial charge >= 0.3 is 0 Å². The average Bonchev–Trinajstić information content (AvgIpc) is 2.69. The molecule has 1 aromatic carbocycles. The Morgan fingerprint density at radius 1 is 1.19 bits per heavy atom. The van der Waals surface area contributed by atoms with E-state index in [1.54, 1.807) is 13.8 Å². The number of halogens is 1. The number of benzene rings is 1. The lowest BCUT2D eigenvalue weighted by Crippen LogP contribution is -2.14. The average molecular weight is 396 g/mol. The van der Waals surface area contributed by atoms with Crippen LogP contribution in [-0.2, 0) is 0 Å². The van der Waals surface area contributed by atoms with E-state index in [1.165, 1.54) is 12.5 Å². The summed E-state index contributed by atoms with van der Waals surface area (Å²) < 4.78 is 1.09. The summed E-state index contributed by atoms with van der Waals surface area (Å²) >= 11 is 2.23. The summed E-state index contributed by atoms with van der Waals surface area (Å²) in [6, 6.07) is 5.75. The van der Waals surface area contributed by atoms with Crippen LogP contribution >= 0.6 is 22.6 Å². The van der Waals surface area contributed by atoms with Gasteiger partial charge in [0.25, 0.3) is 5.91 Å². The molecule has 4 nitrogen and oxygen atoms in total. The third-order valence-electron chi connectivity index (χ3n) is 3.45. The minimum atomic E-state index is -0.234. The molecular formula is C16H17IN2O2. The number of aromatic amines is 1. The lowest BCUT2D eigenvalue weighted by atomic mass is 10.1. The van der Waals surface area contributed by atoms with Crippen LogP contribution in [0, 0.1) is 24.3 Å². The lowest BCUT2D eigenvalue weighted by Gasteiger charge is -2.07. The highest BCUT2D eigenvalue weighted by Gasteiger charge is 2.19. The molecule has 1 heterocycles. The summed E-state index contributed by atoms with van der Waals surface area (Å²) in [5.41, 5.74) is 4.36. The number of Topliss-reactive ketones (excluding diaryl/α,β-unsaturated/α-hetero) is 1. The van der Waals surface area contributed by atoms with Gasteiger partial charge in [-0.3, -0.25) is 9.59 Å². The van der Waals surface area contributed by atoms with E-state index in [4.69, 9.17) is 0 Å². The Balaban J connectivity index is 2.31. The molecule has 0 aliphatic heterocycles. The number of nitrogens with one attached hydrogen (secondary N) is 2. The Hall–Kier alpha value is -1.63. The Bertz CT molecular complexity index is 732. The van der Waals surface area contributed by atoms with Crippen molar-refractivity contribution >= 4 is 40.0 Å². The number of carbonyl (C=O) groups excluding carboxylic acids is 2. The van der Waals surface area contributed by atoms with E-state index in [0.717, 1.165) is 15.0 Å². The van der Waals surface area contributed by atoms with Gasteiger partial charge in [0.1, 0.15) is 5.69 Å². The van der Waals surface area contributed by atoms with E-state index in [1.807, 2.05) is 25.1 Å². The van der Waals surface area contributed by atoms with Crippen LogP contribution in [0.25, 0.3) is 0 Å². The van der Waals surface area contributed by atoms with Crippen molar-refractivity contribution in [2.75, 3.05) is 5.32 Å². The number of carbonyl (C=O) groups is 2. The van der Waals surface area contributed by atoms with Crippen LogP contribution in [0.4, 0.5) is 5.69 Å². The van der Waals surface area contributed by atoms with Crippen LogP contribution in [0.3, 0.4) is 0 Å². The highest BCUT2D eigenvalue weighted by molar-refractivity contribution is 14.1. The predicted octanol–water partition coefficient (Wildman–Crippen LogP) is 4.00.